The minimum Gasteiger partial charge on any atom is -0.478 e. The molecule has 0 fully saturated rings. The molecule has 0 spiro atoms. The first-order valence-corrected chi connectivity index (χ1v) is 7.92. The normalized spacial score (nSPS) is 12.3. The van der Waals surface area contributed by atoms with E-state index in [1.807, 2.05) is 6.92 Å². The minimum atomic E-state index is -1.37. The lowest BCUT2D eigenvalue weighted by Crippen LogP contribution is -2.08. The summed E-state index contributed by atoms with van der Waals surface area (Å²) in [5, 5.41) is 13.1. The van der Waals surface area contributed by atoms with E-state index in [1.165, 1.54) is 12.4 Å². The highest BCUT2D eigenvalue weighted by atomic mass is 79.9. The van der Waals surface area contributed by atoms with E-state index in [4.69, 9.17) is 5.11 Å². The number of aryl methyl sites for hydroxylation is 1. The van der Waals surface area contributed by atoms with Gasteiger partial charge in [-0.25, -0.2) is 14.5 Å². The summed E-state index contributed by atoms with van der Waals surface area (Å²) in [6, 6.07) is 4.63. The second-order valence-corrected chi connectivity index (χ2v) is 6.23. The van der Waals surface area contributed by atoms with Crippen LogP contribution in [-0.4, -0.2) is 30.0 Å². The predicted octanol–water partition coefficient (Wildman–Crippen LogP) is 2.07. The van der Waals surface area contributed by atoms with Crippen LogP contribution in [-0.2, 0) is 23.1 Å². The number of rotatable bonds is 5. The van der Waals surface area contributed by atoms with Gasteiger partial charge in [-0.15, -0.1) is 0 Å². The fraction of sp³-hybridized carbons (Fsp3) is 0.250. The molecule has 2 rings (SSSR count). The molecule has 0 aliphatic rings. The van der Waals surface area contributed by atoms with E-state index in [2.05, 4.69) is 26.0 Å². The number of hydrogen-bond donors (Lipinski definition) is 1. The lowest BCUT2D eigenvalue weighted by Gasteiger charge is -2.06. The molecule has 1 aromatic heterocycles. The van der Waals surface area contributed by atoms with Gasteiger partial charge < -0.3 is 5.11 Å². The van der Waals surface area contributed by atoms with Crippen LogP contribution in [0.2, 0.25) is 0 Å². The number of carboxylic acid groups (broad SMARTS) is 1. The summed E-state index contributed by atoms with van der Waals surface area (Å²) in [5.41, 5.74) is 0.0906. The van der Waals surface area contributed by atoms with Crippen LogP contribution in [0.1, 0.15) is 23.1 Å². The molecule has 0 bridgehead atoms. The van der Waals surface area contributed by atoms with Crippen molar-refractivity contribution < 1.29 is 14.1 Å². The molecule has 0 aliphatic carbocycles. The molecule has 0 radical (unpaired) electrons. The molecule has 0 saturated heterocycles. The topological polar surface area (TPSA) is 85.1 Å². The van der Waals surface area contributed by atoms with Crippen molar-refractivity contribution in [3.05, 3.63) is 40.4 Å². The van der Waals surface area contributed by atoms with E-state index >= 15 is 0 Å². The van der Waals surface area contributed by atoms with Crippen molar-refractivity contribution in [3.8, 4) is 0 Å². The summed E-state index contributed by atoms with van der Waals surface area (Å²) >= 11 is 3.16. The Morgan fingerprint density at radius 3 is 2.90 bits per heavy atom. The van der Waals surface area contributed by atoms with Crippen molar-refractivity contribution in [1.82, 2.24) is 14.8 Å². The third kappa shape index (κ3) is 3.13. The molecule has 1 atom stereocenters. The Labute approximate surface area is 126 Å². The number of carbonyl (C=O) groups is 1. The largest absolute Gasteiger partial charge is 0.478 e. The van der Waals surface area contributed by atoms with Crippen LogP contribution in [0.3, 0.4) is 0 Å². The third-order valence-corrected chi connectivity index (χ3v) is 4.68. The fourth-order valence-corrected chi connectivity index (χ4v) is 3.18. The van der Waals surface area contributed by atoms with E-state index in [-0.39, 0.29) is 11.3 Å². The van der Waals surface area contributed by atoms with Crippen LogP contribution in [0.15, 0.2) is 33.9 Å². The maximum atomic E-state index is 12.3. The van der Waals surface area contributed by atoms with Gasteiger partial charge in [0.15, 0.2) is 0 Å². The maximum Gasteiger partial charge on any atom is 0.336 e. The van der Waals surface area contributed by atoms with E-state index < -0.39 is 16.8 Å². The van der Waals surface area contributed by atoms with Crippen molar-refractivity contribution in [2.45, 2.75) is 24.1 Å². The Morgan fingerprint density at radius 2 is 2.25 bits per heavy atom. The fourth-order valence-electron chi connectivity index (χ4n) is 1.67. The van der Waals surface area contributed by atoms with Gasteiger partial charge >= 0.3 is 5.97 Å². The maximum absolute atomic E-state index is 12.3. The van der Waals surface area contributed by atoms with E-state index in [0.717, 1.165) is 0 Å². The summed E-state index contributed by atoms with van der Waals surface area (Å²) in [6.07, 6.45) is 1.42. The second-order valence-electron chi connectivity index (χ2n) is 3.93. The van der Waals surface area contributed by atoms with Crippen LogP contribution >= 0.6 is 15.9 Å². The van der Waals surface area contributed by atoms with Crippen LogP contribution in [0, 0.1) is 0 Å². The molecule has 20 heavy (non-hydrogen) atoms. The van der Waals surface area contributed by atoms with Crippen molar-refractivity contribution >= 4 is 32.7 Å². The number of aromatic nitrogens is 3. The van der Waals surface area contributed by atoms with Crippen molar-refractivity contribution in [2.24, 2.45) is 0 Å². The average molecular weight is 358 g/mol. The lowest BCUT2D eigenvalue weighted by atomic mass is 10.2. The average Bonchev–Trinajstić information content (AvgIpc) is 2.86. The first-order chi connectivity index (χ1) is 9.52. The highest BCUT2D eigenvalue weighted by molar-refractivity contribution is 9.10. The third-order valence-electron chi connectivity index (χ3n) is 2.69. The highest BCUT2D eigenvalue weighted by Crippen LogP contribution is 2.21. The van der Waals surface area contributed by atoms with E-state index in [1.54, 1.807) is 16.8 Å². The van der Waals surface area contributed by atoms with E-state index in [0.29, 0.717) is 21.7 Å². The first kappa shape index (κ1) is 14.9. The van der Waals surface area contributed by atoms with Crippen LogP contribution in [0.4, 0.5) is 0 Å². The van der Waals surface area contributed by atoms with Crippen LogP contribution in [0.5, 0.6) is 0 Å². The Kier molecular flexibility index (Phi) is 4.66. The molecule has 1 unspecified atom stereocenters. The van der Waals surface area contributed by atoms with Gasteiger partial charge in [-0.2, -0.15) is 5.10 Å². The van der Waals surface area contributed by atoms with Gasteiger partial charge in [0.2, 0.25) is 0 Å². The Bertz CT molecular complexity index is 672. The SMILES string of the molecule is CCn1ncnc1CS(=O)c1ccc(Br)c(C(=O)O)c1. The molecule has 0 saturated carbocycles. The number of benzene rings is 1. The number of halogens is 1. The number of hydrogen-bond acceptors (Lipinski definition) is 4. The smallest absolute Gasteiger partial charge is 0.336 e. The molecule has 8 heteroatoms. The molecule has 106 valence electrons. The van der Waals surface area contributed by atoms with Gasteiger partial charge in [0, 0.05) is 15.9 Å². The number of aromatic carboxylic acids is 1. The molecule has 0 aliphatic heterocycles. The molecule has 1 N–H and O–H groups in total. The van der Waals surface area contributed by atoms with E-state index in [9.17, 15) is 9.00 Å². The monoisotopic (exact) mass is 357 g/mol. The molecular formula is C12H12BrN3O3S. The Morgan fingerprint density at radius 1 is 1.50 bits per heavy atom. The van der Waals surface area contributed by atoms with Crippen LogP contribution < -0.4 is 0 Å². The molecule has 2 aromatic rings. The summed E-state index contributed by atoms with van der Waals surface area (Å²) in [4.78, 5) is 15.6. The molecule has 0 amide bonds. The quantitative estimate of drug-likeness (QED) is 0.885. The summed E-state index contributed by atoms with van der Waals surface area (Å²) in [7, 11) is -1.37. The zero-order chi connectivity index (χ0) is 14.7. The Hall–Kier alpha value is -1.54. The molecule has 1 heterocycles. The van der Waals surface area contributed by atoms with Gasteiger partial charge in [0.1, 0.15) is 12.2 Å². The molecular weight excluding hydrogens is 346 g/mol. The van der Waals surface area contributed by atoms with Crippen molar-refractivity contribution in [2.75, 3.05) is 0 Å². The Balaban J connectivity index is 2.26. The number of nitrogens with zero attached hydrogens (tertiary/aromatic N) is 3. The summed E-state index contributed by atoms with van der Waals surface area (Å²) < 4.78 is 14.4. The first-order valence-electron chi connectivity index (χ1n) is 5.80. The highest BCUT2D eigenvalue weighted by Gasteiger charge is 2.14. The lowest BCUT2D eigenvalue weighted by molar-refractivity contribution is 0.0695. The van der Waals surface area contributed by atoms with Crippen molar-refractivity contribution in [1.29, 1.82) is 0 Å². The zero-order valence-corrected chi connectivity index (χ0v) is 13.0. The number of carboxylic acids is 1. The summed E-state index contributed by atoms with van der Waals surface area (Å²) in [5.74, 6) is -0.243. The molecule has 6 nitrogen and oxygen atoms in total. The second kappa shape index (κ2) is 6.27. The standard InChI is InChI=1S/C12H12BrN3O3S/c1-2-16-11(14-7-15-16)6-20(19)8-3-4-10(13)9(5-8)12(17)18/h3-5,7H,2,6H2,1H3,(H,17,18). The predicted molar refractivity (Wildman–Crippen MR) is 76.9 cm³/mol. The van der Waals surface area contributed by atoms with Crippen LogP contribution in [0.25, 0.3) is 0 Å². The van der Waals surface area contributed by atoms with Crippen molar-refractivity contribution in [3.63, 3.8) is 0 Å². The zero-order valence-electron chi connectivity index (χ0n) is 10.6. The van der Waals surface area contributed by atoms with Gasteiger partial charge in [-0.1, -0.05) is 0 Å². The minimum absolute atomic E-state index is 0.0906. The summed E-state index contributed by atoms with van der Waals surface area (Å²) in [6.45, 7) is 2.57. The van der Waals surface area contributed by atoms with Gasteiger partial charge in [0.05, 0.1) is 22.1 Å². The molecule has 1 aromatic carbocycles. The van der Waals surface area contributed by atoms with Gasteiger partial charge in [-0.05, 0) is 41.1 Å². The van der Waals surface area contributed by atoms with Gasteiger partial charge in [0.25, 0.3) is 0 Å². The van der Waals surface area contributed by atoms with Gasteiger partial charge in [-0.3, -0.25) is 4.21 Å².